The van der Waals surface area contributed by atoms with Crippen LogP contribution < -0.4 is 0 Å². The molecule has 0 heterocycles. The predicted molar refractivity (Wildman–Crippen MR) is 83.7 cm³/mol. The first-order valence-corrected chi connectivity index (χ1v) is 8.49. The third kappa shape index (κ3) is 4.99. The third-order valence-corrected chi connectivity index (χ3v) is 4.58. The van der Waals surface area contributed by atoms with Crippen molar-refractivity contribution < 1.29 is 12.6 Å². The molecule has 0 unspecified atom stereocenters. The fraction of sp³-hybridized carbons (Fsp3) is 0.294. The summed E-state index contributed by atoms with van der Waals surface area (Å²) in [7, 11) is -3.62. The van der Waals surface area contributed by atoms with Gasteiger partial charge in [-0.25, -0.2) is 0 Å². The quantitative estimate of drug-likeness (QED) is 0.578. The fourth-order valence-electron chi connectivity index (χ4n) is 2.02. The second kappa shape index (κ2) is 7.38. The molecule has 0 radical (unpaired) electrons. The maximum atomic E-state index is 12.0. The van der Waals surface area contributed by atoms with Gasteiger partial charge >= 0.3 is 0 Å². The minimum atomic E-state index is -3.62. The summed E-state index contributed by atoms with van der Waals surface area (Å²) < 4.78 is 29.0. The summed E-state index contributed by atoms with van der Waals surface area (Å²) in [6.45, 7) is 2.14. The maximum Gasteiger partial charge on any atom is 0.296 e. The summed E-state index contributed by atoms with van der Waals surface area (Å²) in [5, 5.41) is 0. The Morgan fingerprint density at radius 3 is 2.24 bits per heavy atom. The zero-order chi connectivity index (χ0) is 15.1. The molecule has 21 heavy (non-hydrogen) atoms. The van der Waals surface area contributed by atoms with Crippen molar-refractivity contribution in [3.05, 3.63) is 65.7 Å². The van der Waals surface area contributed by atoms with Crippen molar-refractivity contribution in [2.24, 2.45) is 0 Å². The van der Waals surface area contributed by atoms with E-state index in [1.165, 1.54) is 5.56 Å². The highest BCUT2D eigenvalue weighted by atomic mass is 32.2. The van der Waals surface area contributed by atoms with Crippen LogP contribution in [-0.4, -0.2) is 15.0 Å². The van der Waals surface area contributed by atoms with Crippen LogP contribution in [0.2, 0.25) is 0 Å². The molecule has 0 saturated heterocycles. The summed E-state index contributed by atoms with van der Waals surface area (Å²) in [6, 6.07) is 16.8. The van der Waals surface area contributed by atoms with Gasteiger partial charge in [0.2, 0.25) is 0 Å². The lowest BCUT2D eigenvalue weighted by Gasteiger charge is -2.06. The summed E-state index contributed by atoms with van der Waals surface area (Å²) in [5.41, 5.74) is 2.29. The van der Waals surface area contributed by atoms with Crippen LogP contribution in [0.25, 0.3) is 0 Å². The molecule has 0 aliphatic heterocycles. The molecule has 0 aliphatic rings. The molecule has 2 aromatic carbocycles. The molecule has 0 N–H and O–H groups in total. The zero-order valence-corrected chi connectivity index (χ0v) is 13.0. The fourth-order valence-corrected chi connectivity index (χ4v) is 2.96. The molecule has 0 bridgehead atoms. The van der Waals surface area contributed by atoms with Gasteiger partial charge in [-0.1, -0.05) is 48.0 Å². The van der Waals surface area contributed by atoms with Crippen molar-refractivity contribution in [2.45, 2.75) is 31.1 Å². The Morgan fingerprint density at radius 1 is 0.905 bits per heavy atom. The van der Waals surface area contributed by atoms with Gasteiger partial charge in [0.1, 0.15) is 0 Å². The van der Waals surface area contributed by atoms with E-state index >= 15 is 0 Å². The molecule has 2 rings (SSSR count). The van der Waals surface area contributed by atoms with E-state index in [2.05, 4.69) is 12.1 Å². The Labute approximate surface area is 126 Å². The van der Waals surface area contributed by atoms with E-state index in [-0.39, 0.29) is 11.5 Å². The van der Waals surface area contributed by atoms with E-state index in [1.54, 1.807) is 24.3 Å². The van der Waals surface area contributed by atoms with Crippen LogP contribution in [0.5, 0.6) is 0 Å². The summed E-state index contributed by atoms with van der Waals surface area (Å²) >= 11 is 0. The number of hydrogen-bond acceptors (Lipinski definition) is 3. The van der Waals surface area contributed by atoms with E-state index < -0.39 is 10.1 Å². The van der Waals surface area contributed by atoms with E-state index in [0.29, 0.717) is 0 Å². The van der Waals surface area contributed by atoms with Crippen LogP contribution >= 0.6 is 0 Å². The first-order valence-electron chi connectivity index (χ1n) is 7.08. The zero-order valence-electron chi connectivity index (χ0n) is 12.2. The van der Waals surface area contributed by atoms with Crippen LogP contribution in [0.1, 0.15) is 24.0 Å². The van der Waals surface area contributed by atoms with E-state index in [0.717, 1.165) is 24.8 Å². The second-order valence-electron chi connectivity index (χ2n) is 5.03. The topological polar surface area (TPSA) is 43.4 Å². The van der Waals surface area contributed by atoms with Gasteiger partial charge in [0, 0.05) is 0 Å². The SMILES string of the molecule is Cc1ccc(S(=O)(=O)OCCCCc2ccccc2)cc1. The lowest BCUT2D eigenvalue weighted by atomic mass is 10.1. The van der Waals surface area contributed by atoms with Gasteiger partial charge in [0.15, 0.2) is 0 Å². The van der Waals surface area contributed by atoms with Crippen LogP contribution in [-0.2, 0) is 20.7 Å². The monoisotopic (exact) mass is 304 g/mol. The van der Waals surface area contributed by atoms with Crippen molar-refractivity contribution >= 4 is 10.1 Å². The summed E-state index contributed by atoms with van der Waals surface area (Å²) in [4.78, 5) is 0.219. The van der Waals surface area contributed by atoms with Gasteiger partial charge in [-0.15, -0.1) is 0 Å². The Bertz CT molecular complexity index is 646. The second-order valence-corrected chi connectivity index (χ2v) is 6.65. The Hall–Kier alpha value is -1.65. The number of aryl methyl sites for hydroxylation is 2. The molecule has 0 fully saturated rings. The lowest BCUT2D eigenvalue weighted by Crippen LogP contribution is -2.07. The lowest BCUT2D eigenvalue weighted by molar-refractivity contribution is 0.308. The summed E-state index contributed by atoms with van der Waals surface area (Å²) in [5.74, 6) is 0. The molecule has 2 aromatic rings. The molecule has 0 spiro atoms. The van der Waals surface area contributed by atoms with Crippen molar-refractivity contribution in [1.29, 1.82) is 0 Å². The molecule has 0 aliphatic carbocycles. The molecule has 0 aromatic heterocycles. The van der Waals surface area contributed by atoms with E-state index in [4.69, 9.17) is 4.18 Å². The van der Waals surface area contributed by atoms with Crippen molar-refractivity contribution in [3.8, 4) is 0 Å². The van der Waals surface area contributed by atoms with Crippen LogP contribution in [0.4, 0.5) is 0 Å². The maximum absolute atomic E-state index is 12.0. The Morgan fingerprint density at radius 2 is 1.57 bits per heavy atom. The number of unbranched alkanes of at least 4 members (excludes halogenated alkanes) is 1. The molecule has 4 heteroatoms. The van der Waals surface area contributed by atoms with Gasteiger partial charge in [0.25, 0.3) is 10.1 Å². The average molecular weight is 304 g/mol. The molecule has 0 saturated carbocycles. The first-order chi connectivity index (χ1) is 10.1. The molecule has 0 amide bonds. The van der Waals surface area contributed by atoms with Crippen molar-refractivity contribution in [2.75, 3.05) is 6.61 Å². The molecule has 3 nitrogen and oxygen atoms in total. The molecular formula is C17H20O3S. The van der Waals surface area contributed by atoms with Gasteiger partial charge in [0.05, 0.1) is 11.5 Å². The molecule has 0 atom stereocenters. The largest absolute Gasteiger partial charge is 0.296 e. The number of hydrogen-bond donors (Lipinski definition) is 0. The number of benzene rings is 2. The predicted octanol–water partition coefficient (Wildman–Crippen LogP) is 3.72. The van der Waals surface area contributed by atoms with E-state index in [9.17, 15) is 8.42 Å². The van der Waals surface area contributed by atoms with E-state index in [1.807, 2.05) is 25.1 Å². The Kier molecular flexibility index (Phi) is 5.53. The summed E-state index contributed by atoms with van der Waals surface area (Å²) in [6.07, 6.45) is 2.57. The van der Waals surface area contributed by atoms with Crippen LogP contribution in [0.3, 0.4) is 0 Å². The molecular weight excluding hydrogens is 284 g/mol. The minimum absolute atomic E-state index is 0.219. The average Bonchev–Trinajstić information content (AvgIpc) is 2.48. The van der Waals surface area contributed by atoms with Gasteiger partial charge in [-0.3, -0.25) is 4.18 Å². The van der Waals surface area contributed by atoms with Gasteiger partial charge in [-0.05, 0) is 43.9 Å². The smallest absolute Gasteiger partial charge is 0.266 e. The highest BCUT2D eigenvalue weighted by Gasteiger charge is 2.14. The standard InChI is InChI=1S/C17H20O3S/c1-15-10-12-17(13-11-15)21(18,19)20-14-6-5-9-16-7-3-2-4-8-16/h2-4,7-8,10-13H,5-6,9,14H2,1H3. The normalized spacial score (nSPS) is 11.5. The van der Waals surface area contributed by atoms with Crippen LogP contribution in [0, 0.1) is 6.92 Å². The van der Waals surface area contributed by atoms with Crippen molar-refractivity contribution in [1.82, 2.24) is 0 Å². The number of rotatable bonds is 7. The third-order valence-electron chi connectivity index (χ3n) is 3.25. The minimum Gasteiger partial charge on any atom is -0.266 e. The highest BCUT2D eigenvalue weighted by Crippen LogP contribution is 2.14. The van der Waals surface area contributed by atoms with Crippen LogP contribution in [0.15, 0.2) is 59.5 Å². The van der Waals surface area contributed by atoms with Gasteiger partial charge < -0.3 is 0 Å². The van der Waals surface area contributed by atoms with Crippen molar-refractivity contribution in [3.63, 3.8) is 0 Å². The highest BCUT2D eigenvalue weighted by molar-refractivity contribution is 7.86. The molecule has 112 valence electrons. The van der Waals surface area contributed by atoms with Gasteiger partial charge in [-0.2, -0.15) is 8.42 Å². The Balaban J connectivity index is 1.76. The first kappa shape index (κ1) is 15.7.